The van der Waals surface area contributed by atoms with Gasteiger partial charge in [0.25, 0.3) is 0 Å². The van der Waals surface area contributed by atoms with Gasteiger partial charge in [0.1, 0.15) is 5.78 Å². The molecule has 0 aromatic carbocycles. The number of carbonyl (C=O) groups is 3. The summed E-state index contributed by atoms with van der Waals surface area (Å²) >= 11 is 0. The topological polar surface area (TPSA) is 112 Å². The molecular weight excluding hydrogens is 372 g/mol. The highest BCUT2D eigenvalue weighted by molar-refractivity contribution is 5.89. The van der Waals surface area contributed by atoms with E-state index in [0.717, 1.165) is 19.3 Å². The van der Waals surface area contributed by atoms with Crippen molar-refractivity contribution < 1.29 is 29.7 Å². The van der Waals surface area contributed by atoms with Crippen molar-refractivity contribution >= 4 is 17.7 Å². The van der Waals surface area contributed by atoms with E-state index in [1.807, 2.05) is 0 Å². The molecular formula is C23H34O6. The van der Waals surface area contributed by atoms with E-state index in [0.29, 0.717) is 35.2 Å². The maximum Gasteiger partial charge on any atom is 0.328 e. The molecule has 0 aromatic rings. The number of rotatable bonds is 2. The van der Waals surface area contributed by atoms with Gasteiger partial charge in [-0.1, -0.05) is 26.7 Å². The summed E-state index contributed by atoms with van der Waals surface area (Å²) in [4.78, 5) is 32.1. The normalized spacial score (nSPS) is 43.6. The fraction of sp³-hybridized carbons (Fsp3) is 0.783. The van der Waals surface area contributed by atoms with Crippen LogP contribution in [0.15, 0.2) is 12.2 Å². The lowest BCUT2D eigenvalue weighted by Crippen LogP contribution is -2.57. The van der Waals surface area contributed by atoms with E-state index >= 15 is 0 Å². The molecule has 0 spiro atoms. The number of aliphatic hydroxyl groups is 1. The smallest absolute Gasteiger partial charge is 0.328 e. The number of Topliss-reactive ketones (excluding diaryl/α,β-unsaturated/α-hetero) is 1. The van der Waals surface area contributed by atoms with Gasteiger partial charge < -0.3 is 15.3 Å². The predicted octanol–water partition coefficient (Wildman–Crippen LogP) is 3.67. The molecule has 6 nitrogen and oxygen atoms in total. The molecule has 4 rings (SSSR count). The highest BCUT2D eigenvalue weighted by Crippen LogP contribution is 2.65. The number of hydrogen-bond donors (Lipinski definition) is 3. The molecule has 0 aromatic heterocycles. The first kappa shape index (κ1) is 22.0. The van der Waals surface area contributed by atoms with Gasteiger partial charge in [-0.05, 0) is 61.2 Å². The molecule has 0 amide bonds. The van der Waals surface area contributed by atoms with Crippen LogP contribution < -0.4 is 0 Å². The SMILES string of the molecule is C[C@@]12CCC(O)[C@H]1[C@@H]1C(=O)C[C@H]3CCCC[C@]3(C)[C@H]1CC2.O=C(O)C=CC(=O)O. The van der Waals surface area contributed by atoms with Crippen LogP contribution in [0.25, 0.3) is 0 Å². The second-order valence-corrected chi connectivity index (χ2v) is 10.1. The summed E-state index contributed by atoms with van der Waals surface area (Å²) in [5.74, 6) is -0.414. The second-order valence-electron chi connectivity index (χ2n) is 10.1. The maximum absolute atomic E-state index is 12.9. The fourth-order valence-corrected chi connectivity index (χ4v) is 7.11. The van der Waals surface area contributed by atoms with Crippen LogP contribution in [0.3, 0.4) is 0 Å². The molecule has 1 unspecified atom stereocenters. The lowest BCUT2D eigenvalue weighted by Gasteiger charge is -2.59. The molecule has 4 saturated carbocycles. The number of carbonyl (C=O) groups excluding carboxylic acids is 1. The average Bonchev–Trinajstić information content (AvgIpc) is 2.96. The molecule has 0 heterocycles. The minimum absolute atomic E-state index is 0.167. The van der Waals surface area contributed by atoms with E-state index in [1.165, 1.54) is 38.5 Å². The lowest BCUT2D eigenvalue weighted by molar-refractivity contribution is -0.159. The molecule has 6 heteroatoms. The van der Waals surface area contributed by atoms with Crippen LogP contribution in [0, 0.1) is 34.5 Å². The third-order valence-corrected chi connectivity index (χ3v) is 8.56. The Kier molecular flexibility index (Phi) is 6.23. The lowest BCUT2D eigenvalue weighted by atomic mass is 9.45. The van der Waals surface area contributed by atoms with Crippen molar-refractivity contribution in [3.05, 3.63) is 12.2 Å². The third kappa shape index (κ3) is 4.14. The monoisotopic (exact) mass is 406 g/mol. The van der Waals surface area contributed by atoms with E-state index in [4.69, 9.17) is 10.2 Å². The van der Waals surface area contributed by atoms with Gasteiger partial charge >= 0.3 is 11.9 Å². The van der Waals surface area contributed by atoms with E-state index in [-0.39, 0.29) is 23.4 Å². The van der Waals surface area contributed by atoms with E-state index < -0.39 is 11.9 Å². The fourth-order valence-electron chi connectivity index (χ4n) is 7.11. The van der Waals surface area contributed by atoms with Crippen molar-refractivity contribution in [2.24, 2.45) is 34.5 Å². The Morgan fingerprint density at radius 1 is 0.966 bits per heavy atom. The van der Waals surface area contributed by atoms with Crippen LogP contribution in [-0.4, -0.2) is 39.1 Å². The highest BCUT2D eigenvalue weighted by atomic mass is 16.4. The van der Waals surface area contributed by atoms with Crippen molar-refractivity contribution in [1.29, 1.82) is 0 Å². The van der Waals surface area contributed by atoms with Gasteiger partial charge in [-0.15, -0.1) is 0 Å². The van der Waals surface area contributed by atoms with Crippen LogP contribution in [0.5, 0.6) is 0 Å². The van der Waals surface area contributed by atoms with Crippen LogP contribution in [0.4, 0.5) is 0 Å². The molecule has 7 atom stereocenters. The first-order chi connectivity index (χ1) is 13.6. The van der Waals surface area contributed by atoms with Crippen molar-refractivity contribution in [2.75, 3.05) is 0 Å². The van der Waals surface area contributed by atoms with Crippen molar-refractivity contribution in [2.45, 2.75) is 77.7 Å². The van der Waals surface area contributed by atoms with Crippen molar-refractivity contribution in [1.82, 2.24) is 0 Å². The van der Waals surface area contributed by atoms with Crippen molar-refractivity contribution in [3.63, 3.8) is 0 Å². The molecule has 4 aliphatic rings. The Labute approximate surface area is 172 Å². The quantitative estimate of drug-likeness (QED) is 0.603. The molecule has 3 N–H and O–H groups in total. The number of carboxylic acid groups (broad SMARTS) is 2. The first-order valence-corrected chi connectivity index (χ1v) is 10.9. The van der Waals surface area contributed by atoms with Crippen LogP contribution in [0.2, 0.25) is 0 Å². The van der Waals surface area contributed by atoms with Crippen LogP contribution in [0.1, 0.15) is 71.6 Å². The molecule has 29 heavy (non-hydrogen) atoms. The van der Waals surface area contributed by atoms with Crippen molar-refractivity contribution in [3.8, 4) is 0 Å². The van der Waals surface area contributed by atoms with Gasteiger partial charge in [-0.25, -0.2) is 9.59 Å². The van der Waals surface area contributed by atoms with Gasteiger partial charge in [0.2, 0.25) is 0 Å². The Balaban J connectivity index is 0.000000258. The van der Waals surface area contributed by atoms with Gasteiger partial charge in [0.15, 0.2) is 0 Å². The number of aliphatic carboxylic acids is 2. The molecule has 4 fully saturated rings. The standard InChI is InChI=1S/C19H30O2.C4H4O4/c1-18-9-6-13-16(17(18)14(20)7-10-18)15(21)11-12-5-3-4-8-19(12,13)2;5-3(6)1-2-4(7)8/h12-14,16-17,20H,3-11H2,1-2H3;1-2H,(H,5,6)(H,7,8)/t12-,13+,14?,16+,17+,18-,19+;/m1./s1. The number of carboxylic acids is 2. The Morgan fingerprint density at radius 3 is 2.21 bits per heavy atom. The zero-order valence-electron chi connectivity index (χ0n) is 17.5. The molecule has 0 bridgehead atoms. The number of fused-ring (bicyclic) bond motifs is 5. The Bertz CT molecular complexity index is 683. The minimum atomic E-state index is -1.26. The van der Waals surface area contributed by atoms with Gasteiger partial charge in [0, 0.05) is 30.4 Å². The molecule has 0 radical (unpaired) electrons. The third-order valence-electron chi connectivity index (χ3n) is 8.56. The van der Waals surface area contributed by atoms with E-state index in [1.54, 1.807) is 0 Å². The average molecular weight is 407 g/mol. The summed E-state index contributed by atoms with van der Waals surface area (Å²) in [6, 6.07) is 0. The van der Waals surface area contributed by atoms with Gasteiger partial charge in [-0.3, -0.25) is 4.79 Å². The Morgan fingerprint density at radius 2 is 1.59 bits per heavy atom. The molecule has 4 aliphatic carbocycles. The summed E-state index contributed by atoms with van der Waals surface area (Å²) in [7, 11) is 0. The minimum Gasteiger partial charge on any atom is -0.478 e. The summed E-state index contributed by atoms with van der Waals surface area (Å²) < 4.78 is 0. The van der Waals surface area contributed by atoms with Gasteiger partial charge in [0.05, 0.1) is 6.10 Å². The molecule has 0 saturated heterocycles. The summed E-state index contributed by atoms with van der Waals surface area (Å²) in [6.07, 6.45) is 11.4. The first-order valence-electron chi connectivity index (χ1n) is 10.9. The maximum atomic E-state index is 12.9. The zero-order chi connectivity index (χ0) is 21.4. The Hall–Kier alpha value is -1.69. The number of aliphatic hydroxyl groups excluding tert-OH is 1. The van der Waals surface area contributed by atoms with Gasteiger partial charge in [-0.2, -0.15) is 0 Å². The van der Waals surface area contributed by atoms with E-state index in [9.17, 15) is 19.5 Å². The number of ketones is 1. The largest absolute Gasteiger partial charge is 0.478 e. The summed E-state index contributed by atoms with van der Waals surface area (Å²) in [5, 5.41) is 26.2. The van der Waals surface area contributed by atoms with E-state index in [2.05, 4.69) is 13.8 Å². The predicted molar refractivity (Wildman–Crippen MR) is 107 cm³/mol. The zero-order valence-corrected chi connectivity index (χ0v) is 17.5. The number of hydrogen-bond acceptors (Lipinski definition) is 4. The highest BCUT2D eigenvalue weighted by Gasteiger charge is 2.62. The second kappa shape index (κ2) is 8.21. The van der Waals surface area contributed by atoms with Crippen LogP contribution >= 0.6 is 0 Å². The van der Waals surface area contributed by atoms with Crippen LogP contribution in [-0.2, 0) is 14.4 Å². The summed E-state index contributed by atoms with van der Waals surface area (Å²) in [6.45, 7) is 4.82. The molecule has 0 aliphatic heterocycles. The summed E-state index contributed by atoms with van der Waals surface area (Å²) in [5.41, 5.74) is 0.606. The molecule has 162 valence electrons.